The molecule has 0 aromatic carbocycles. The number of rotatable bonds is 3. The van der Waals surface area contributed by atoms with Gasteiger partial charge in [0.1, 0.15) is 11.6 Å². The quantitative estimate of drug-likeness (QED) is 0.793. The number of hydrogen-bond donors (Lipinski definition) is 1. The normalized spacial score (nSPS) is 18.2. The fraction of sp³-hybridized carbons (Fsp3) is 0.474. The first-order valence-electron chi connectivity index (χ1n) is 8.95. The number of aliphatic hydroxyl groups is 1. The molecule has 0 saturated carbocycles. The van der Waals surface area contributed by atoms with Crippen LogP contribution in [-0.2, 0) is 6.42 Å². The summed E-state index contributed by atoms with van der Waals surface area (Å²) >= 11 is 0. The zero-order chi connectivity index (χ0) is 17.6. The van der Waals surface area contributed by atoms with Crippen molar-refractivity contribution in [3.63, 3.8) is 0 Å². The van der Waals surface area contributed by atoms with Gasteiger partial charge in [-0.25, -0.2) is 4.98 Å². The summed E-state index contributed by atoms with van der Waals surface area (Å²) in [6.07, 6.45) is 4.14. The van der Waals surface area contributed by atoms with Gasteiger partial charge in [0.2, 0.25) is 0 Å². The molecular weight excluding hydrogens is 316 g/mol. The van der Waals surface area contributed by atoms with Gasteiger partial charge in [-0.05, 0) is 39.2 Å². The van der Waals surface area contributed by atoms with Crippen molar-refractivity contribution in [2.45, 2.75) is 46.1 Å². The molecule has 0 spiro atoms. The molecule has 0 radical (unpaired) electrons. The second-order valence-corrected chi connectivity index (χ2v) is 6.79. The van der Waals surface area contributed by atoms with E-state index in [9.17, 15) is 5.11 Å². The van der Waals surface area contributed by atoms with Crippen molar-refractivity contribution < 1.29 is 9.52 Å². The van der Waals surface area contributed by atoms with Gasteiger partial charge in [0.05, 0.1) is 18.1 Å². The lowest BCUT2D eigenvalue weighted by molar-refractivity contribution is 0.153. The number of furan rings is 1. The van der Waals surface area contributed by atoms with E-state index in [1.54, 1.807) is 6.26 Å². The van der Waals surface area contributed by atoms with E-state index in [0.717, 1.165) is 60.0 Å². The monoisotopic (exact) mass is 340 g/mol. The molecule has 3 aromatic heterocycles. The third-order valence-corrected chi connectivity index (χ3v) is 5.06. The van der Waals surface area contributed by atoms with E-state index in [1.165, 1.54) is 5.56 Å². The maximum absolute atomic E-state index is 10.1. The van der Waals surface area contributed by atoms with Crippen LogP contribution in [-0.4, -0.2) is 38.9 Å². The smallest absolute Gasteiger partial charge is 0.158 e. The highest BCUT2D eigenvalue weighted by atomic mass is 16.3. The average Bonchev–Trinajstić information content (AvgIpc) is 3.19. The van der Waals surface area contributed by atoms with Crippen LogP contribution in [0.15, 0.2) is 22.8 Å². The zero-order valence-electron chi connectivity index (χ0n) is 15.0. The van der Waals surface area contributed by atoms with Crippen LogP contribution >= 0.6 is 0 Å². The van der Waals surface area contributed by atoms with Gasteiger partial charge in [0.25, 0.3) is 0 Å². The summed E-state index contributed by atoms with van der Waals surface area (Å²) < 4.78 is 7.37. The molecule has 0 bridgehead atoms. The van der Waals surface area contributed by atoms with Gasteiger partial charge in [-0.15, -0.1) is 0 Å². The minimum atomic E-state index is -0.284. The summed E-state index contributed by atoms with van der Waals surface area (Å²) in [4.78, 5) is 7.02. The van der Waals surface area contributed by atoms with Gasteiger partial charge < -0.3 is 14.4 Å². The molecule has 1 aliphatic heterocycles. The summed E-state index contributed by atoms with van der Waals surface area (Å²) in [7, 11) is 0. The molecule has 4 rings (SSSR count). The topological polar surface area (TPSA) is 66.8 Å². The summed E-state index contributed by atoms with van der Waals surface area (Å²) in [5.41, 5.74) is 4.91. The van der Waals surface area contributed by atoms with Crippen LogP contribution in [0.2, 0.25) is 0 Å². The van der Waals surface area contributed by atoms with Gasteiger partial charge in [-0.1, -0.05) is 6.92 Å². The fourth-order valence-corrected chi connectivity index (χ4v) is 3.80. The molecule has 4 heterocycles. The Morgan fingerprint density at radius 2 is 2.20 bits per heavy atom. The maximum atomic E-state index is 10.1. The van der Waals surface area contributed by atoms with Crippen LogP contribution in [0.4, 0.5) is 5.82 Å². The van der Waals surface area contributed by atoms with E-state index in [2.05, 4.69) is 18.7 Å². The molecule has 132 valence electrons. The molecule has 1 N–H and O–H groups in total. The summed E-state index contributed by atoms with van der Waals surface area (Å²) in [5, 5.41) is 15.0. The third kappa shape index (κ3) is 2.70. The highest BCUT2D eigenvalue weighted by Gasteiger charge is 2.25. The van der Waals surface area contributed by atoms with Crippen LogP contribution in [0.25, 0.3) is 16.9 Å². The van der Waals surface area contributed by atoms with Gasteiger partial charge in [-0.2, -0.15) is 9.61 Å². The number of aryl methyl sites for hydroxylation is 2. The number of piperidine rings is 1. The van der Waals surface area contributed by atoms with Crippen molar-refractivity contribution in [3.05, 3.63) is 35.4 Å². The molecule has 1 fully saturated rings. The number of nitrogens with zero attached hydrogens (tertiary/aromatic N) is 4. The van der Waals surface area contributed by atoms with E-state index in [0.29, 0.717) is 6.54 Å². The first kappa shape index (κ1) is 16.1. The largest absolute Gasteiger partial charge is 0.469 e. The zero-order valence-corrected chi connectivity index (χ0v) is 15.0. The Labute approximate surface area is 147 Å². The van der Waals surface area contributed by atoms with Gasteiger partial charge in [0.15, 0.2) is 5.65 Å². The van der Waals surface area contributed by atoms with Crippen LogP contribution < -0.4 is 4.90 Å². The Bertz CT molecular complexity index is 912. The van der Waals surface area contributed by atoms with Crippen LogP contribution in [0.3, 0.4) is 0 Å². The lowest BCUT2D eigenvalue weighted by Gasteiger charge is -2.33. The van der Waals surface area contributed by atoms with Gasteiger partial charge in [-0.3, -0.25) is 0 Å². The number of anilines is 1. The van der Waals surface area contributed by atoms with Crippen LogP contribution in [0.5, 0.6) is 0 Å². The lowest BCUT2D eigenvalue weighted by atomic mass is 10.1. The third-order valence-electron chi connectivity index (χ3n) is 5.06. The van der Waals surface area contributed by atoms with E-state index in [1.807, 2.05) is 23.6 Å². The molecule has 0 unspecified atom stereocenters. The van der Waals surface area contributed by atoms with Gasteiger partial charge in [0, 0.05) is 36.0 Å². The predicted octanol–water partition coefficient (Wildman–Crippen LogP) is 3.13. The Morgan fingerprint density at radius 1 is 1.36 bits per heavy atom. The molecule has 1 atom stereocenters. The van der Waals surface area contributed by atoms with E-state index < -0.39 is 0 Å². The molecular formula is C19H24N4O2. The van der Waals surface area contributed by atoms with Crippen molar-refractivity contribution in [3.8, 4) is 11.3 Å². The second-order valence-electron chi connectivity index (χ2n) is 6.79. The molecule has 3 aromatic rings. The van der Waals surface area contributed by atoms with E-state index >= 15 is 0 Å². The molecule has 1 saturated heterocycles. The van der Waals surface area contributed by atoms with Crippen molar-refractivity contribution in [1.29, 1.82) is 0 Å². The summed E-state index contributed by atoms with van der Waals surface area (Å²) in [6.45, 7) is 7.72. The predicted molar refractivity (Wildman–Crippen MR) is 97.0 cm³/mol. The summed E-state index contributed by atoms with van der Waals surface area (Å²) in [6, 6.07) is 3.95. The fourth-order valence-electron chi connectivity index (χ4n) is 3.80. The first-order chi connectivity index (χ1) is 12.1. The van der Waals surface area contributed by atoms with Crippen LogP contribution in [0.1, 0.15) is 36.8 Å². The highest BCUT2D eigenvalue weighted by molar-refractivity contribution is 5.68. The Balaban J connectivity index is 1.92. The number of aromatic nitrogens is 3. The Morgan fingerprint density at radius 3 is 2.88 bits per heavy atom. The van der Waals surface area contributed by atoms with E-state index in [-0.39, 0.29) is 6.10 Å². The van der Waals surface area contributed by atoms with Crippen molar-refractivity contribution in [2.24, 2.45) is 0 Å². The number of aliphatic hydroxyl groups excluding tert-OH is 1. The lowest BCUT2D eigenvalue weighted by Crippen LogP contribution is -2.40. The van der Waals surface area contributed by atoms with Crippen molar-refractivity contribution in [1.82, 2.24) is 14.6 Å². The Hall–Kier alpha value is -2.34. The average molecular weight is 340 g/mol. The molecule has 25 heavy (non-hydrogen) atoms. The first-order valence-corrected chi connectivity index (χ1v) is 8.95. The summed E-state index contributed by atoms with van der Waals surface area (Å²) in [5.74, 6) is 1.92. The molecule has 1 aliphatic rings. The molecule has 6 heteroatoms. The maximum Gasteiger partial charge on any atom is 0.158 e. The Kier molecular flexibility index (Phi) is 4.00. The minimum absolute atomic E-state index is 0.284. The molecule has 0 amide bonds. The van der Waals surface area contributed by atoms with Crippen molar-refractivity contribution in [2.75, 3.05) is 18.0 Å². The number of β-amino-alcohol motifs (C(OH)–C–C–N with tert-alkyl or cyclic N) is 1. The highest BCUT2D eigenvalue weighted by Crippen LogP contribution is 2.30. The van der Waals surface area contributed by atoms with E-state index in [4.69, 9.17) is 14.5 Å². The number of hydrogen-bond acceptors (Lipinski definition) is 5. The van der Waals surface area contributed by atoms with Crippen molar-refractivity contribution >= 4 is 11.5 Å². The number of fused-ring (bicyclic) bond motifs is 1. The second kappa shape index (κ2) is 6.19. The minimum Gasteiger partial charge on any atom is -0.469 e. The van der Waals surface area contributed by atoms with Gasteiger partial charge >= 0.3 is 0 Å². The molecule has 0 aliphatic carbocycles. The van der Waals surface area contributed by atoms with Crippen LogP contribution in [0, 0.1) is 13.8 Å². The SMILES string of the molecule is CCc1c(C)nc2cc(-c3ccoc3C)nn2c1N1CCC[C@@H](O)C1. The standard InChI is InChI=1S/C19H24N4O2/c1-4-15-12(2)20-18-10-17(16-7-9-25-13(16)3)21-23(18)19(15)22-8-5-6-14(24)11-22/h7,9-10,14,24H,4-6,8,11H2,1-3H3/t14-/m1/s1. The molecule has 6 nitrogen and oxygen atoms in total.